The zero-order valence-electron chi connectivity index (χ0n) is 19.8. The van der Waals surface area contributed by atoms with Crippen LogP contribution in [0.4, 0.5) is 11.4 Å². The van der Waals surface area contributed by atoms with Crippen molar-refractivity contribution in [1.82, 2.24) is 5.32 Å². The average molecular weight is 468 g/mol. The van der Waals surface area contributed by atoms with Gasteiger partial charge in [0.25, 0.3) is 5.91 Å². The Kier molecular flexibility index (Phi) is 6.36. The maximum absolute atomic E-state index is 13.8. The Bertz CT molecular complexity index is 1240. The Labute approximate surface area is 205 Å². The lowest BCUT2D eigenvalue weighted by Gasteiger charge is -2.33. The second-order valence-electron chi connectivity index (χ2n) is 9.32. The number of aryl methyl sites for hydroxylation is 2. The van der Waals surface area contributed by atoms with E-state index in [9.17, 15) is 14.4 Å². The average Bonchev–Trinajstić information content (AvgIpc) is 3.29. The van der Waals surface area contributed by atoms with E-state index < -0.39 is 12.0 Å². The van der Waals surface area contributed by atoms with E-state index in [4.69, 9.17) is 0 Å². The van der Waals surface area contributed by atoms with Crippen molar-refractivity contribution in [3.8, 4) is 0 Å². The van der Waals surface area contributed by atoms with Gasteiger partial charge in [0.2, 0.25) is 11.8 Å². The fourth-order valence-corrected chi connectivity index (χ4v) is 4.97. The SMILES string of the molecule is Cc1ccc(N2C[C@@H](C(=O)N[C@H](C(=O)N3CCCc4ccccc43)c3ccccc3)CC2=O)cc1. The van der Waals surface area contributed by atoms with Gasteiger partial charge in [-0.05, 0) is 49.1 Å². The standard InChI is InChI=1S/C29H29N3O3/c1-20-13-15-24(16-14-20)32-19-23(18-26(32)33)28(34)30-27(22-9-3-2-4-10-22)29(35)31-17-7-11-21-8-5-6-12-25(21)31/h2-6,8-10,12-16,23,27H,7,11,17-19H2,1H3,(H,30,34)/t23-,27-/m0/s1. The number of benzene rings is 3. The normalized spacial score (nSPS) is 18.2. The van der Waals surface area contributed by atoms with Crippen LogP contribution >= 0.6 is 0 Å². The van der Waals surface area contributed by atoms with Gasteiger partial charge >= 0.3 is 0 Å². The van der Waals surface area contributed by atoms with Crippen LogP contribution in [0.3, 0.4) is 0 Å². The van der Waals surface area contributed by atoms with Crippen molar-refractivity contribution in [3.63, 3.8) is 0 Å². The molecule has 3 aromatic rings. The van der Waals surface area contributed by atoms with Gasteiger partial charge in [-0.15, -0.1) is 0 Å². The summed E-state index contributed by atoms with van der Waals surface area (Å²) in [5.74, 6) is -1.03. The predicted octanol–water partition coefficient (Wildman–Crippen LogP) is 4.18. The summed E-state index contributed by atoms with van der Waals surface area (Å²) in [6.45, 7) is 2.90. The van der Waals surface area contributed by atoms with Gasteiger partial charge in [0.15, 0.2) is 0 Å². The van der Waals surface area contributed by atoms with Crippen LogP contribution in [-0.2, 0) is 20.8 Å². The van der Waals surface area contributed by atoms with E-state index in [1.807, 2.05) is 79.7 Å². The molecule has 0 saturated carbocycles. The van der Waals surface area contributed by atoms with Gasteiger partial charge < -0.3 is 15.1 Å². The first kappa shape index (κ1) is 22.8. The number of fused-ring (bicyclic) bond motifs is 1. The largest absolute Gasteiger partial charge is 0.340 e. The fraction of sp³-hybridized carbons (Fsp3) is 0.276. The monoisotopic (exact) mass is 467 g/mol. The molecular formula is C29H29N3O3. The zero-order chi connectivity index (χ0) is 24.4. The number of carbonyl (C=O) groups excluding carboxylic acids is 3. The maximum Gasteiger partial charge on any atom is 0.254 e. The molecular weight excluding hydrogens is 438 g/mol. The highest BCUT2D eigenvalue weighted by molar-refractivity contribution is 6.03. The molecule has 1 saturated heterocycles. The number of carbonyl (C=O) groups is 3. The summed E-state index contributed by atoms with van der Waals surface area (Å²) in [6.07, 6.45) is 1.93. The van der Waals surface area contributed by atoms with Crippen molar-refractivity contribution in [1.29, 1.82) is 0 Å². The zero-order valence-corrected chi connectivity index (χ0v) is 19.8. The van der Waals surface area contributed by atoms with Crippen molar-refractivity contribution in [2.24, 2.45) is 5.92 Å². The third-order valence-electron chi connectivity index (χ3n) is 6.88. The van der Waals surface area contributed by atoms with Crippen molar-refractivity contribution in [3.05, 3.63) is 95.6 Å². The van der Waals surface area contributed by atoms with Gasteiger partial charge in [-0.1, -0.05) is 66.2 Å². The molecule has 0 unspecified atom stereocenters. The molecule has 0 aliphatic carbocycles. The van der Waals surface area contributed by atoms with Crippen molar-refractivity contribution >= 4 is 29.1 Å². The van der Waals surface area contributed by atoms with Crippen LogP contribution in [0.15, 0.2) is 78.9 Å². The number of para-hydroxylation sites is 1. The molecule has 0 spiro atoms. The minimum atomic E-state index is -0.821. The van der Waals surface area contributed by atoms with Gasteiger partial charge in [-0.2, -0.15) is 0 Å². The summed E-state index contributed by atoms with van der Waals surface area (Å²) in [5, 5.41) is 3.00. The lowest BCUT2D eigenvalue weighted by atomic mass is 9.98. The Balaban J connectivity index is 1.37. The Morgan fingerprint density at radius 1 is 0.943 bits per heavy atom. The molecule has 1 fully saturated rings. The predicted molar refractivity (Wildman–Crippen MR) is 136 cm³/mol. The molecule has 6 nitrogen and oxygen atoms in total. The Morgan fingerprint density at radius 3 is 2.43 bits per heavy atom. The summed E-state index contributed by atoms with van der Waals surface area (Å²) in [7, 11) is 0. The third-order valence-corrected chi connectivity index (χ3v) is 6.88. The number of hydrogen-bond donors (Lipinski definition) is 1. The van der Waals surface area contributed by atoms with Crippen LogP contribution in [0.2, 0.25) is 0 Å². The van der Waals surface area contributed by atoms with Gasteiger partial charge in [0.1, 0.15) is 6.04 Å². The van der Waals surface area contributed by atoms with Crippen LogP contribution in [0.5, 0.6) is 0 Å². The lowest BCUT2D eigenvalue weighted by molar-refractivity contribution is -0.130. The molecule has 5 rings (SSSR count). The quantitative estimate of drug-likeness (QED) is 0.612. The summed E-state index contributed by atoms with van der Waals surface area (Å²) >= 11 is 0. The molecule has 0 aromatic heterocycles. The highest BCUT2D eigenvalue weighted by Gasteiger charge is 2.38. The molecule has 0 radical (unpaired) electrons. The van der Waals surface area contributed by atoms with E-state index in [2.05, 4.69) is 11.4 Å². The molecule has 6 heteroatoms. The van der Waals surface area contributed by atoms with E-state index in [0.717, 1.165) is 40.9 Å². The molecule has 3 aromatic carbocycles. The number of anilines is 2. The van der Waals surface area contributed by atoms with Crippen molar-refractivity contribution in [2.75, 3.05) is 22.9 Å². The minimum absolute atomic E-state index is 0.0819. The molecule has 178 valence electrons. The van der Waals surface area contributed by atoms with Crippen LogP contribution in [-0.4, -0.2) is 30.8 Å². The first-order chi connectivity index (χ1) is 17.0. The molecule has 2 atom stereocenters. The summed E-state index contributed by atoms with van der Waals surface area (Å²) in [6, 6.07) is 24.2. The number of amides is 3. The fourth-order valence-electron chi connectivity index (χ4n) is 4.97. The Morgan fingerprint density at radius 2 is 1.66 bits per heavy atom. The molecule has 2 aliphatic rings. The van der Waals surface area contributed by atoms with E-state index in [1.165, 1.54) is 0 Å². The molecule has 3 amide bonds. The summed E-state index contributed by atoms with van der Waals surface area (Å²) < 4.78 is 0. The van der Waals surface area contributed by atoms with Crippen LogP contribution in [0.25, 0.3) is 0 Å². The first-order valence-corrected chi connectivity index (χ1v) is 12.1. The molecule has 1 N–H and O–H groups in total. The van der Waals surface area contributed by atoms with Crippen LogP contribution in [0, 0.1) is 12.8 Å². The molecule has 35 heavy (non-hydrogen) atoms. The number of nitrogens with one attached hydrogen (secondary N) is 1. The minimum Gasteiger partial charge on any atom is -0.340 e. The van der Waals surface area contributed by atoms with Crippen molar-refractivity contribution < 1.29 is 14.4 Å². The highest BCUT2D eigenvalue weighted by Crippen LogP contribution is 2.31. The Hall–Kier alpha value is -3.93. The smallest absolute Gasteiger partial charge is 0.254 e. The van der Waals surface area contributed by atoms with Crippen LogP contribution < -0.4 is 15.1 Å². The maximum atomic E-state index is 13.8. The number of rotatable bonds is 5. The molecule has 2 aliphatic heterocycles. The van der Waals surface area contributed by atoms with Crippen molar-refractivity contribution in [2.45, 2.75) is 32.2 Å². The number of nitrogens with zero attached hydrogens (tertiary/aromatic N) is 2. The third kappa shape index (κ3) is 4.69. The second kappa shape index (κ2) is 9.74. The van der Waals surface area contributed by atoms with Gasteiger partial charge in [0.05, 0.1) is 5.92 Å². The van der Waals surface area contributed by atoms with Gasteiger partial charge in [-0.25, -0.2) is 0 Å². The van der Waals surface area contributed by atoms with Crippen LogP contribution in [0.1, 0.15) is 35.6 Å². The van der Waals surface area contributed by atoms with E-state index in [0.29, 0.717) is 13.1 Å². The van der Waals surface area contributed by atoms with E-state index in [1.54, 1.807) is 9.80 Å². The number of hydrogen-bond acceptors (Lipinski definition) is 3. The topological polar surface area (TPSA) is 69.7 Å². The highest BCUT2D eigenvalue weighted by atomic mass is 16.2. The lowest BCUT2D eigenvalue weighted by Crippen LogP contribution is -2.46. The second-order valence-corrected chi connectivity index (χ2v) is 9.32. The summed E-state index contributed by atoms with van der Waals surface area (Å²) in [4.78, 5) is 43.4. The molecule has 0 bridgehead atoms. The van der Waals surface area contributed by atoms with E-state index in [-0.39, 0.29) is 24.1 Å². The van der Waals surface area contributed by atoms with Gasteiger partial charge in [-0.3, -0.25) is 14.4 Å². The van der Waals surface area contributed by atoms with E-state index >= 15 is 0 Å². The first-order valence-electron chi connectivity index (χ1n) is 12.1. The van der Waals surface area contributed by atoms with Gasteiger partial charge in [0, 0.05) is 30.9 Å². The molecule has 2 heterocycles. The summed E-state index contributed by atoms with van der Waals surface area (Å²) in [5.41, 5.74) is 4.67.